The van der Waals surface area contributed by atoms with Gasteiger partial charge in [0.15, 0.2) is 11.5 Å². The fraction of sp³-hybridized carbons (Fsp3) is 0.583. The second kappa shape index (κ2) is 5.24. The Balaban J connectivity index is 2.01. The molecule has 6 nitrogen and oxygen atoms in total. The molecule has 2 aromatic rings. The van der Waals surface area contributed by atoms with Gasteiger partial charge >= 0.3 is 0 Å². The van der Waals surface area contributed by atoms with Crippen molar-refractivity contribution in [2.24, 2.45) is 0 Å². The van der Waals surface area contributed by atoms with E-state index >= 15 is 0 Å². The molecule has 1 atom stereocenters. The highest BCUT2D eigenvalue weighted by atomic mass is 32.2. The maximum Gasteiger partial charge on any atom is 0.226 e. The maximum atomic E-state index is 4.63. The molecule has 2 aromatic heterocycles. The number of fused-ring (bicyclic) bond motifs is 1. The van der Waals surface area contributed by atoms with Gasteiger partial charge in [0, 0.05) is 25.4 Å². The van der Waals surface area contributed by atoms with Crippen molar-refractivity contribution in [1.29, 1.82) is 0 Å². The van der Waals surface area contributed by atoms with Gasteiger partial charge < -0.3 is 15.2 Å². The van der Waals surface area contributed by atoms with Crippen LogP contribution in [0.1, 0.15) is 13.3 Å². The molecule has 3 heterocycles. The molecule has 0 amide bonds. The van der Waals surface area contributed by atoms with E-state index < -0.39 is 0 Å². The third-order valence-electron chi connectivity index (χ3n) is 3.39. The summed E-state index contributed by atoms with van der Waals surface area (Å²) in [7, 11) is 2.11. The van der Waals surface area contributed by atoms with E-state index in [0.29, 0.717) is 12.0 Å². The molecule has 0 aliphatic carbocycles. The van der Waals surface area contributed by atoms with Gasteiger partial charge in [0.1, 0.15) is 5.52 Å². The number of aromatic nitrogens is 4. The first-order valence-electron chi connectivity index (χ1n) is 6.55. The first-order valence-corrected chi connectivity index (χ1v) is 7.70. The average Bonchev–Trinajstić information content (AvgIpc) is 3.08. The van der Waals surface area contributed by atoms with Crippen LogP contribution in [0.3, 0.4) is 0 Å². The SMILES string of the molecule is CCNc1nc(N(C)C2CCSC2)c2[nH]cnc2n1. The minimum absolute atomic E-state index is 0.542. The van der Waals surface area contributed by atoms with Crippen LogP contribution in [0.25, 0.3) is 11.2 Å². The Kier molecular flexibility index (Phi) is 3.46. The Morgan fingerprint density at radius 3 is 3.16 bits per heavy atom. The van der Waals surface area contributed by atoms with Crippen molar-refractivity contribution in [3.05, 3.63) is 6.33 Å². The van der Waals surface area contributed by atoms with E-state index in [1.807, 2.05) is 18.7 Å². The van der Waals surface area contributed by atoms with Crippen molar-refractivity contribution < 1.29 is 0 Å². The van der Waals surface area contributed by atoms with Gasteiger partial charge in [-0.1, -0.05) is 0 Å². The first kappa shape index (κ1) is 12.5. The second-order valence-corrected chi connectivity index (χ2v) is 5.78. The summed E-state index contributed by atoms with van der Waals surface area (Å²) in [6.07, 6.45) is 2.88. The monoisotopic (exact) mass is 278 g/mol. The molecule has 1 fully saturated rings. The van der Waals surface area contributed by atoms with Crippen LogP contribution in [0.2, 0.25) is 0 Å². The van der Waals surface area contributed by atoms with Crippen LogP contribution in [-0.4, -0.2) is 51.1 Å². The molecule has 1 aliphatic rings. The predicted molar refractivity (Wildman–Crippen MR) is 80.0 cm³/mol. The van der Waals surface area contributed by atoms with Crippen LogP contribution in [0, 0.1) is 0 Å². The number of nitrogens with one attached hydrogen (secondary N) is 2. The molecule has 19 heavy (non-hydrogen) atoms. The quantitative estimate of drug-likeness (QED) is 0.887. The summed E-state index contributed by atoms with van der Waals surface area (Å²) in [5, 5.41) is 3.17. The Morgan fingerprint density at radius 2 is 2.42 bits per heavy atom. The highest BCUT2D eigenvalue weighted by Gasteiger charge is 2.24. The lowest BCUT2D eigenvalue weighted by Gasteiger charge is -2.25. The highest BCUT2D eigenvalue weighted by molar-refractivity contribution is 7.99. The van der Waals surface area contributed by atoms with Gasteiger partial charge in [0.05, 0.1) is 6.33 Å². The summed E-state index contributed by atoms with van der Waals surface area (Å²) < 4.78 is 0. The molecule has 2 N–H and O–H groups in total. The number of imidazole rings is 1. The summed E-state index contributed by atoms with van der Waals surface area (Å²) in [6.45, 7) is 2.84. The number of nitrogens with zero attached hydrogens (tertiary/aromatic N) is 4. The van der Waals surface area contributed by atoms with Crippen molar-refractivity contribution in [3.63, 3.8) is 0 Å². The predicted octanol–water partition coefficient (Wildman–Crippen LogP) is 1.73. The van der Waals surface area contributed by atoms with Crippen LogP contribution in [-0.2, 0) is 0 Å². The van der Waals surface area contributed by atoms with E-state index in [0.717, 1.165) is 29.3 Å². The summed E-state index contributed by atoms with van der Waals surface area (Å²) in [5.41, 5.74) is 1.64. The van der Waals surface area contributed by atoms with E-state index in [-0.39, 0.29) is 0 Å². The Morgan fingerprint density at radius 1 is 1.53 bits per heavy atom. The molecule has 0 spiro atoms. The van der Waals surface area contributed by atoms with E-state index in [1.165, 1.54) is 12.2 Å². The molecule has 1 saturated heterocycles. The zero-order chi connectivity index (χ0) is 13.2. The number of H-pyrrole nitrogens is 1. The van der Waals surface area contributed by atoms with E-state index in [1.54, 1.807) is 6.33 Å². The zero-order valence-electron chi connectivity index (χ0n) is 11.2. The van der Waals surface area contributed by atoms with Crippen molar-refractivity contribution in [2.45, 2.75) is 19.4 Å². The fourth-order valence-corrected chi connectivity index (χ4v) is 3.58. The fourth-order valence-electron chi connectivity index (χ4n) is 2.31. The van der Waals surface area contributed by atoms with Gasteiger partial charge in [0.25, 0.3) is 0 Å². The summed E-state index contributed by atoms with van der Waals surface area (Å²) in [6, 6.07) is 0.542. The molecule has 102 valence electrons. The van der Waals surface area contributed by atoms with E-state index in [9.17, 15) is 0 Å². The van der Waals surface area contributed by atoms with E-state index in [2.05, 4.69) is 37.2 Å². The number of anilines is 2. The molecule has 0 aromatic carbocycles. The Hall–Kier alpha value is -1.50. The summed E-state index contributed by atoms with van der Waals surface area (Å²) in [5.74, 6) is 3.97. The second-order valence-electron chi connectivity index (χ2n) is 4.63. The third-order valence-corrected chi connectivity index (χ3v) is 4.53. The number of hydrogen-bond donors (Lipinski definition) is 2. The molecule has 1 unspecified atom stereocenters. The van der Waals surface area contributed by atoms with Crippen molar-refractivity contribution in [2.75, 3.05) is 35.3 Å². The topological polar surface area (TPSA) is 69.7 Å². The lowest BCUT2D eigenvalue weighted by atomic mass is 10.2. The van der Waals surface area contributed by atoms with Crippen LogP contribution >= 0.6 is 11.8 Å². The van der Waals surface area contributed by atoms with Crippen LogP contribution in [0.4, 0.5) is 11.8 Å². The molecule has 7 heteroatoms. The maximum absolute atomic E-state index is 4.63. The first-order chi connectivity index (χ1) is 9.29. The normalized spacial score (nSPS) is 18.9. The molecule has 0 saturated carbocycles. The molecular formula is C12H18N6S. The molecular weight excluding hydrogens is 260 g/mol. The highest BCUT2D eigenvalue weighted by Crippen LogP contribution is 2.28. The zero-order valence-corrected chi connectivity index (χ0v) is 12.0. The van der Waals surface area contributed by atoms with Crippen molar-refractivity contribution >= 4 is 34.7 Å². The van der Waals surface area contributed by atoms with E-state index in [4.69, 9.17) is 0 Å². The third kappa shape index (κ3) is 2.34. The Labute approximate surface area is 116 Å². The minimum atomic E-state index is 0.542. The minimum Gasteiger partial charge on any atom is -0.354 e. The lowest BCUT2D eigenvalue weighted by Crippen LogP contribution is -2.32. The number of thioether (sulfide) groups is 1. The smallest absolute Gasteiger partial charge is 0.226 e. The number of rotatable bonds is 4. The lowest BCUT2D eigenvalue weighted by molar-refractivity contribution is 0.693. The van der Waals surface area contributed by atoms with Crippen LogP contribution in [0.15, 0.2) is 6.33 Å². The number of aromatic amines is 1. The number of hydrogen-bond acceptors (Lipinski definition) is 6. The molecule has 3 rings (SSSR count). The Bertz CT molecular complexity index is 562. The molecule has 0 radical (unpaired) electrons. The summed E-state index contributed by atoms with van der Waals surface area (Å²) in [4.78, 5) is 18.7. The van der Waals surface area contributed by atoms with Gasteiger partial charge in [-0.2, -0.15) is 21.7 Å². The van der Waals surface area contributed by atoms with Gasteiger partial charge in [0.2, 0.25) is 5.95 Å². The van der Waals surface area contributed by atoms with Gasteiger partial charge in [-0.3, -0.25) is 0 Å². The average molecular weight is 278 g/mol. The van der Waals surface area contributed by atoms with Crippen molar-refractivity contribution in [3.8, 4) is 0 Å². The van der Waals surface area contributed by atoms with Gasteiger partial charge in [-0.25, -0.2) is 4.98 Å². The van der Waals surface area contributed by atoms with Crippen LogP contribution in [0.5, 0.6) is 0 Å². The summed E-state index contributed by atoms with van der Waals surface area (Å²) >= 11 is 2.00. The largest absolute Gasteiger partial charge is 0.354 e. The standard InChI is InChI=1S/C12H18N6S/c1-3-13-12-16-10-9(14-7-15-10)11(17-12)18(2)8-4-5-19-6-8/h7-8H,3-6H2,1-2H3,(H2,13,14,15,16,17). The molecule has 1 aliphatic heterocycles. The van der Waals surface area contributed by atoms with Gasteiger partial charge in [-0.15, -0.1) is 0 Å². The van der Waals surface area contributed by atoms with Crippen LogP contribution < -0.4 is 10.2 Å². The molecule has 0 bridgehead atoms. The van der Waals surface area contributed by atoms with Gasteiger partial charge in [-0.05, 0) is 19.1 Å². The van der Waals surface area contributed by atoms with Crippen molar-refractivity contribution in [1.82, 2.24) is 19.9 Å².